The van der Waals surface area contributed by atoms with Gasteiger partial charge < -0.3 is 5.32 Å². The first-order valence-corrected chi connectivity index (χ1v) is 11.0. The molecule has 1 N–H and O–H groups in total. The summed E-state index contributed by atoms with van der Waals surface area (Å²) in [5.41, 5.74) is -0.362. The Morgan fingerprint density at radius 1 is 1.12 bits per heavy atom. The molecule has 3 heterocycles. The molecule has 13 heteroatoms. The Morgan fingerprint density at radius 2 is 1.94 bits per heavy atom. The van der Waals surface area contributed by atoms with Crippen molar-refractivity contribution in [1.29, 1.82) is 0 Å². The quantitative estimate of drug-likeness (QED) is 0.515. The standard InChI is InChI=1S/C19H15FN6O4S2/c20-13-5-2-1-4-12(13)10-14-17(28)24(19(30)32-14)8-7-21-15(27)11-25-18(29)26(23-22-25)16-6-3-9-31-16/h1-6,9-10H,7-8,11H2,(H,21,27)/b14-10-. The molecule has 10 nitrogen and oxygen atoms in total. The normalized spacial score (nSPS) is 15.0. The summed E-state index contributed by atoms with van der Waals surface area (Å²) in [6, 6.07) is 9.36. The maximum Gasteiger partial charge on any atom is 0.369 e. The van der Waals surface area contributed by atoms with Crippen molar-refractivity contribution in [1.82, 2.24) is 30.0 Å². The van der Waals surface area contributed by atoms with Crippen molar-refractivity contribution in [3.8, 4) is 5.00 Å². The van der Waals surface area contributed by atoms with Crippen LogP contribution in [0, 0.1) is 5.82 Å². The van der Waals surface area contributed by atoms with Gasteiger partial charge in [0.25, 0.3) is 11.1 Å². The zero-order valence-electron chi connectivity index (χ0n) is 16.3. The molecular formula is C19H15FN6O4S2. The lowest BCUT2D eigenvalue weighted by Gasteiger charge is -2.12. The van der Waals surface area contributed by atoms with Gasteiger partial charge in [-0.1, -0.05) is 18.2 Å². The summed E-state index contributed by atoms with van der Waals surface area (Å²) in [7, 11) is 0. The topological polar surface area (TPSA) is 119 Å². The molecule has 1 aliphatic heterocycles. The second-order valence-electron chi connectivity index (χ2n) is 6.49. The van der Waals surface area contributed by atoms with Crippen LogP contribution in [0.4, 0.5) is 9.18 Å². The van der Waals surface area contributed by atoms with Crippen LogP contribution in [-0.4, -0.2) is 54.8 Å². The fourth-order valence-electron chi connectivity index (χ4n) is 2.83. The lowest BCUT2D eigenvalue weighted by atomic mass is 10.2. The predicted octanol–water partition coefficient (Wildman–Crippen LogP) is 1.48. The molecule has 0 aliphatic carbocycles. The summed E-state index contributed by atoms with van der Waals surface area (Å²) in [5.74, 6) is -1.59. The Bertz CT molecular complexity index is 1270. The molecule has 1 aromatic carbocycles. The molecule has 0 unspecified atom stereocenters. The molecule has 3 aromatic rings. The van der Waals surface area contributed by atoms with Gasteiger partial charge in [-0.3, -0.25) is 19.3 Å². The summed E-state index contributed by atoms with van der Waals surface area (Å²) in [6.07, 6.45) is 1.32. The molecule has 4 rings (SSSR count). The fraction of sp³-hybridized carbons (Fsp3) is 0.158. The van der Waals surface area contributed by atoms with Crippen LogP contribution in [0.5, 0.6) is 0 Å². The number of hydrogen-bond donors (Lipinski definition) is 1. The molecule has 2 aromatic heterocycles. The largest absolute Gasteiger partial charge is 0.369 e. The van der Waals surface area contributed by atoms with Gasteiger partial charge in [0.05, 0.1) is 4.91 Å². The number of rotatable bonds is 7. The maximum absolute atomic E-state index is 13.8. The minimum Gasteiger partial charge on any atom is -0.353 e. The summed E-state index contributed by atoms with van der Waals surface area (Å²) < 4.78 is 15.8. The van der Waals surface area contributed by atoms with Crippen LogP contribution in [0.2, 0.25) is 0 Å². The van der Waals surface area contributed by atoms with Gasteiger partial charge in [0.15, 0.2) is 0 Å². The number of imide groups is 1. The monoisotopic (exact) mass is 474 g/mol. The molecule has 1 saturated heterocycles. The van der Waals surface area contributed by atoms with E-state index in [4.69, 9.17) is 0 Å². The minimum atomic E-state index is -0.563. The highest BCUT2D eigenvalue weighted by atomic mass is 32.2. The number of carbonyl (C=O) groups is 3. The molecule has 32 heavy (non-hydrogen) atoms. The second kappa shape index (κ2) is 9.28. The summed E-state index contributed by atoms with van der Waals surface area (Å²) >= 11 is 2.01. The van der Waals surface area contributed by atoms with Crippen molar-refractivity contribution >= 4 is 46.2 Å². The first-order chi connectivity index (χ1) is 15.4. The Labute approximate surface area is 188 Å². The molecule has 0 bridgehead atoms. The summed E-state index contributed by atoms with van der Waals surface area (Å²) in [6.45, 7) is -0.446. The highest BCUT2D eigenvalue weighted by Gasteiger charge is 2.34. The number of thioether (sulfide) groups is 1. The average molecular weight is 474 g/mol. The Balaban J connectivity index is 1.32. The first kappa shape index (κ1) is 21.6. The van der Waals surface area contributed by atoms with Gasteiger partial charge in [-0.05, 0) is 51.8 Å². The van der Waals surface area contributed by atoms with E-state index in [1.54, 1.807) is 23.6 Å². The number of nitrogens with zero attached hydrogens (tertiary/aromatic N) is 5. The lowest BCUT2D eigenvalue weighted by Crippen LogP contribution is -2.39. The van der Waals surface area contributed by atoms with Gasteiger partial charge >= 0.3 is 5.69 Å². The number of halogens is 1. The van der Waals surface area contributed by atoms with Gasteiger partial charge in [-0.25, -0.2) is 9.18 Å². The average Bonchev–Trinajstić information content (AvgIpc) is 3.47. The van der Waals surface area contributed by atoms with Gasteiger partial charge in [-0.2, -0.15) is 9.36 Å². The number of nitrogens with one attached hydrogen (secondary N) is 1. The molecule has 0 atom stereocenters. The van der Waals surface area contributed by atoms with Gasteiger partial charge in [0.1, 0.15) is 17.4 Å². The number of aromatic nitrogens is 4. The van der Waals surface area contributed by atoms with E-state index in [0.717, 1.165) is 14.3 Å². The van der Waals surface area contributed by atoms with Gasteiger partial charge in [0.2, 0.25) is 5.91 Å². The number of thiophene rings is 1. The van der Waals surface area contributed by atoms with E-state index in [9.17, 15) is 23.6 Å². The molecule has 0 radical (unpaired) electrons. The molecule has 0 spiro atoms. The van der Waals surface area contributed by atoms with Crippen molar-refractivity contribution in [3.05, 3.63) is 68.5 Å². The van der Waals surface area contributed by atoms with E-state index in [2.05, 4.69) is 15.7 Å². The highest BCUT2D eigenvalue weighted by Crippen LogP contribution is 2.32. The van der Waals surface area contributed by atoms with E-state index in [-0.39, 0.29) is 30.1 Å². The van der Waals surface area contributed by atoms with Gasteiger partial charge in [0, 0.05) is 18.7 Å². The first-order valence-electron chi connectivity index (χ1n) is 9.27. The highest BCUT2D eigenvalue weighted by molar-refractivity contribution is 8.18. The van der Waals surface area contributed by atoms with Crippen LogP contribution in [0.1, 0.15) is 5.56 Å². The Kier molecular flexibility index (Phi) is 6.28. The number of benzene rings is 1. The van der Waals surface area contributed by atoms with Crippen LogP contribution < -0.4 is 11.0 Å². The number of tetrazole rings is 1. The summed E-state index contributed by atoms with van der Waals surface area (Å²) in [5, 5.41) is 11.8. The van der Waals surface area contributed by atoms with Crippen molar-refractivity contribution in [3.63, 3.8) is 0 Å². The lowest BCUT2D eigenvalue weighted by molar-refractivity contribution is -0.124. The third kappa shape index (κ3) is 4.53. The third-order valence-electron chi connectivity index (χ3n) is 4.37. The molecule has 3 amide bonds. The van der Waals surface area contributed by atoms with Gasteiger partial charge in [-0.15, -0.1) is 11.3 Å². The van der Waals surface area contributed by atoms with E-state index >= 15 is 0 Å². The Hall–Kier alpha value is -3.58. The van der Waals surface area contributed by atoms with E-state index in [1.165, 1.54) is 35.6 Å². The van der Waals surface area contributed by atoms with Crippen molar-refractivity contribution in [2.45, 2.75) is 6.54 Å². The van der Waals surface area contributed by atoms with Crippen LogP contribution in [-0.2, 0) is 16.1 Å². The van der Waals surface area contributed by atoms with Crippen LogP contribution in [0.25, 0.3) is 11.1 Å². The summed E-state index contributed by atoms with van der Waals surface area (Å²) in [4.78, 5) is 50.1. The van der Waals surface area contributed by atoms with Crippen LogP contribution in [0.3, 0.4) is 0 Å². The maximum atomic E-state index is 13.8. The number of hydrogen-bond acceptors (Lipinski definition) is 8. The number of amides is 3. The molecule has 1 fully saturated rings. The fourth-order valence-corrected chi connectivity index (χ4v) is 4.35. The third-order valence-corrected chi connectivity index (χ3v) is 6.12. The smallest absolute Gasteiger partial charge is 0.353 e. The Morgan fingerprint density at radius 3 is 2.69 bits per heavy atom. The van der Waals surface area contributed by atoms with Crippen LogP contribution in [0.15, 0.2) is 51.5 Å². The van der Waals surface area contributed by atoms with E-state index in [1.807, 2.05) is 0 Å². The molecule has 1 aliphatic rings. The zero-order chi connectivity index (χ0) is 22.7. The second-order valence-corrected chi connectivity index (χ2v) is 8.41. The van der Waals surface area contributed by atoms with Crippen molar-refractivity contribution in [2.75, 3.05) is 13.1 Å². The molecule has 0 saturated carbocycles. The van der Waals surface area contributed by atoms with E-state index < -0.39 is 28.6 Å². The van der Waals surface area contributed by atoms with E-state index in [0.29, 0.717) is 16.8 Å². The molecular weight excluding hydrogens is 459 g/mol. The predicted molar refractivity (Wildman–Crippen MR) is 116 cm³/mol. The van der Waals surface area contributed by atoms with Crippen molar-refractivity contribution in [2.24, 2.45) is 0 Å². The van der Waals surface area contributed by atoms with Crippen molar-refractivity contribution < 1.29 is 18.8 Å². The molecule has 164 valence electrons. The minimum absolute atomic E-state index is 0.0162. The van der Waals surface area contributed by atoms with Crippen LogP contribution >= 0.6 is 23.1 Å². The number of carbonyl (C=O) groups excluding carboxylic acids is 3. The SMILES string of the molecule is O=C(Cn1nnn(-c2cccs2)c1=O)NCCN1C(=O)S/C(=C\c2ccccc2F)C1=O. The zero-order valence-corrected chi connectivity index (χ0v) is 17.9.